The Balaban J connectivity index is 1.35. The van der Waals surface area contributed by atoms with Gasteiger partial charge in [0.2, 0.25) is 15.9 Å². The number of nitrogens with zero attached hydrogens (tertiary/aromatic N) is 3. The Hall–Kier alpha value is -2.39. The van der Waals surface area contributed by atoms with E-state index in [-0.39, 0.29) is 16.7 Å². The number of hydrogen-bond acceptors (Lipinski definition) is 6. The molecular weight excluding hydrogens is 418 g/mol. The van der Waals surface area contributed by atoms with E-state index < -0.39 is 10.0 Å². The predicted octanol–water partition coefficient (Wildman–Crippen LogP) is 2.72. The molecule has 1 aromatic heterocycles. The number of likely N-dealkylation sites (tertiary alicyclic amines) is 1. The van der Waals surface area contributed by atoms with Crippen LogP contribution >= 0.6 is 0 Å². The molecule has 4 rings (SSSR count). The molecule has 2 fully saturated rings. The molecule has 0 spiro atoms. The van der Waals surface area contributed by atoms with E-state index >= 15 is 0 Å². The van der Waals surface area contributed by atoms with Gasteiger partial charge in [0.1, 0.15) is 16.3 Å². The first-order valence-electron chi connectivity index (χ1n) is 10.7. The van der Waals surface area contributed by atoms with Gasteiger partial charge < -0.3 is 14.2 Å². The second-order valence-electron chi connectivity index (χ2n) is 8.37. The molecule has 1 unspecified atom stereocenters. The molecule has 3 heterocycles. The van der Waals surface area contributed by atoms with Crippen molar-refractivity contribution in [1.82, 2.24) is 14.4 Å². The van der Waals surface area contributed by atoms with Crippen LogP contribution in [0.2, 0.25) is 0 Å². The van der Waals surface area contributed by atoms with Gasteiger partial charge in [-0.2, -0.15) is 4.31 Å². The summed E-state index contributed by atoms with van der Waals surface area (Å²) < 4.78 is 37.7. The summed E-state index contributed by atoms with van der Waals surface area (Å²) in [6.07, 6.45) is 2.01. The molecule has 8 nitrogen and oxygen atoms in total. The van der Waals surface area contributed by atoms with Gasteiger partial charge in [-0.05, 0) is 50.8 Å². The number of ether oxygens (including phenoxy) is 1. The highest BCUT2D eigenvalue weighted by atomic mass is 32.2. The molecule has 2 aromatic rings. The van der Waals surface area contributed by atoms with Crippen molar-refractivity contribution in [3.63, 3.8) is 0 Å². The van der Waals surface area contributed by atoms with Gasteiger partial charge >= 0.3 is 0 Å². The zero-order valence-electron chi connectivity index (χ0n) is 18.2. The van der Waals surface area contributed by atoms with Crippen molar-refractivity contribution in [2.24, 2.45) is 5.92 Å². The van der Waals surface area contributed by atoms with Crippen LogP contribution in [0.25, 0.3) is 0 Å². The normalized spacial score (nSPS) is 20.9. The van der Waals surface area contributed by atoms with E-state index in [1.807, 2.05) is 17.0 Å². The summed E-state index contributed by atoms with van der Waals surface area (Å²) in [5.41, 5.74) is 1.59. The molecule has 1 aromatic carbocycles. The van der Waals surface area contributed by atoms with Crippen molar-refractivity contribution in [2.45, 2.75) is 43.9 Å². The van der Waals surface area contributed by atoms with Crippen LogP contribution in [-0.2, 0) is 14.8 Å². The highest BCUT2D eigenvalue weighted by Crippen LogP contribution is 2.32. The first-order chi connectivity index (χ1) is 14.8. The summed E-state index contributed by atoms with van der Waals surface area (Å²) in [4.78, 5) is 15.2. The molecule has 2 aliphatic rings. The van der Waals surface area contributed by atoms with Crippen LogP contribution in [0.4, 0.5) is 0 Å². The van der Waals surface area contributed by atoms with Crippen LogP contribution in [0.1, 0.15) is 42.2 Å². The van der Waals surface area contributed by atoms with Gasteiger partial charge in [-0.15, -0.1) is 0 Å². The highest BCUT2D eigenvalue weighted by Gasteiger charge is 2.38. The first kappa shape index (κ1) is 21.8. The van der Waals surface area contributed by atoms with Crippen molar-refractivity contribution >= 4 is 15.9 Å². The molecule has 0 saturated carbocycles. The van der Waals surface area contributed by atoms with Crippen LogP contribution in [0.5, 0.6) is 5.75 Å². The molecule has 168 valence electrons. The summed E-state index contributed by atoms with van der Waals surface area (Å²) in [6, 6.07) is 8.04. The Kier molecular flexibility index (Phi) is 6.07. The number of rotatable bonds is 5. The number of benzene rings is 1. The fourth-order valence-corrected chi connectivity index (χ4v) is 6.44. The summed E-state index contributed by atoms with van der Waals surface area (Å²) in [5.74, 6) is 1.47. The van der Waals surface area contributed by atoms with Crippen molar-refractivity contribution in [3.8, 4) is 5.75 Å². The second-order valence-corrected chi connectivity index (χ2v) is 10.2. The van der Waals surface area contributed by atoms with Crippen molar-refractivity contribution < 1.29 is 22.5 Å². The minimum Gasteiger partial charge on any atom is -0.497 e. The van der Waals surface area contributed by atoms with E-state index in [0.717, 1.165) is 18.7 Å². The van der Waals surface area contributed by atoms with Gasteiger partial charge in [-0.25, -0.2) is 8.42 Å². The van der Waals surface area contributed by atoms with Crippen molar-refractivity contribution in [3.05, 3.63) is 41.3 Å². The Morgan fingerprint density at radius 2 is 1.77 bits per heavy atom. The van der Waals surface area contributed by atoms with E-state index in [2.05, 4.69) is 17.3 Å². The summed E-state index contributed by atoms with van der Waals surface area (Å²) in [5, 5.41) is 3.77. The van der Waals surface area contributed by atoms with Crippen molar-refractivity contribution in [2.75, 3.05) is 33.3 Å². The number of carbonyl (C=O) groups excluding carboxylic acids is 1. The Morgan fingerprint density at radius 3 is 2.35 bits per heavy atom. The first-order valence-corrected chi connectivity index (χ1v) is 12.1. The lowest BCUT2D eigenvalue weighted by Gasteiger charge is -2.32. The van der Waals surface area contributed by atoms with E-state index in [1.54, 1.807) is 21.0 Å². The second kappa shape index (κ2) is 8.63. The smallest absolute Gasteiger partial charge is 0.248 e. The predicted molar refractivity (Wildman–Crippen MR) is 114 cm³/mol. The van der Waals surface area contributed by atoms with Crippen LogP contribution in [-0.4, -0.2) is 62.0 Å². The molecule has 1 atom stereocenters. The number of hydrogen-bond donors (Lipinski definition) is 0. The van der Waals surface area contributed by atoms with Gasteiger partial charge in [0.05, 0.1) is 7.11 Å². The van der Waals surface area contributed by atoms with E-state index in [4.69, 9.17) is 9.26 Å². The lowest BCUT2D eigenvalue weighted by atomic mass is 9.96. The van der Waals surface area contributed by atoms with Crippen LogP contribution in [0.3, 0.4) is 0 Å². The number of aryl methyl sites for hydroxylation is 2. The number of aromatic nitrogens is 1. The average Bonchev–Trinajstić information content (AvgIpc) is 3.40. The standard InChI is InChI=1S/C22H29N3O5S/c1-15-21(16(2)30-23-15)31(27,28)25-12-9-18(10-13-25)22(26)24-11-8-19(14-24)17-4-6-20(29-3)7-5-17/h4-7,18-19H,8-14H2,1-3H3. The maximum atomic E-state index is 13.1. The maximum absolute atomic E-state index is 13.1. The quantitative estimate of drug-likeness (QED) is 0.700. The Bertz CT molecular complexity index is 1020. The number of amides is 1. The van der Waals surface area contributed by atoms with E-state index in [9.17, 15) is 13.2 Å². The van der Waals surface area contributed by atoms with E-state index in [1.165, 1.54) is 9.87 Å². The van der Waals surface area contributed by atoms with Gasteiger partial charge in [0.25, 0.3) is 0 Å². The molecule has 1 amide bonds. The number of methoxy groups -OCH3 is 1. The van der Waals surface area contributed by atoms with Gasteiger partial charge in [-0.3, -0.25) is 4.79 Å². The third-order valence-corrected chi connectivity index (χ3v) is 8.60. The minimum absolute atomic E-state index is 0.134. The average molecular weight is 448 g/mol. The lowest BCUT2D eigenvalue weighted by molar-refractivity contribution is -0.135. The molecule has 0 radical (unpaired) electrons. The number of carbonyl (C=O) groups is 1. The van der Waals surface area contributed by atoms with Gasteiger partial charge in [-0.1, -0.05) is 17.3 Å². The molecular formula is C22H29N3O5S. The highest BCUT2D eigenvalue weighted by molar-refractivity contribution is 7.89. The minimum atomic E-state index is -3.66. The SMILES string of the molecule is COc1ccc(C2CCN(C(=O)C3CCN(S(=O)(=O)c4c(C)noc4C)CC3)C2)cc1. The van der Waals surface area contributed by atoms with Crippen molar-refractivity contribution in [1.29, 1.82) is 0 Å². The van der Waals surface area contributed by atoms with E-state index in [0.29, 0.717) is 49.8 Å². The van der Waals surface area contributed by atoms with Gasteiger partial charge in [0, 0.05) is 38.0 Å². The molecule has 0 N–H and O–H groups in total. The molecule has 2 saturated heterocycles. The molecule has 31 heavy (non-hydrogen) atoms. The molecule has 9 heteroatoms. The fraction of sp³-hybridized carbons (Fsp3) is 0.545. The van der Waals surface area contributed by atoms with Crippen LogP contribution in [0, 0.1) is 19.8 Å². The lowest BCUT2D eigenvalue weighted by Crippen LogP contribution is -2.44. The maximum Gasteiger partial charge on any atom is 0.248 e. The zero-order chi connectivity index (χ0) is 22.2. The Labute approximate surface area is 183 Å². The molecule has 0 bridgehead atoms. The largest absolute Gasteiger partial charge is 0.497 e. The number of piperidine rings is 1. The topological polar surface area (TPSA) is 93.0 Å². The third kappa shape index (κ3) is 4.21. The van der Waals surface area contributed by atoms with Crippen LogP contribution < -0.4 is 4.74 Å². The monoisotopic (exact) mass is 447 g/mol. The third-order valence-electron chi connectivity index (χ3n) is 6.46. The summed E-state index contributed by atoms with van der Waals surface area (Å²) in [7, 11) is -2.01. The zero-order valence-corrected chi connectivity index (χ0v) is 19.0. The Morgan fingerprint density at radius 1 is 1.10 bits per heavy atom. The fourth-order valence-electron chi connectivity index (χ4n) is 4.68. The van der Waals surface area contributed by atoms with Gasteiger partial charge in [0.15, 0.2) is 5.76 Å². The number of sulfonamides is 1. The molecule has 2 aliphatic heterocycles. The summed E-state index contributed by atoms with van der Waals surface area (Å²) >= 11 is 0. The summed E-state index contributed by atoms with van der Waals surface area (Å²) in [6.45, 7) is 5.36. The van der Waals surface area contributed by atoms with Crippen LogP contribution in [0.15, 0.2) is 33.7 Å². The molecule has 0 aliphatic carbocycles.